The highest BCUT2D eigenvalue weighted by molar-refractivity contribution is 5.95. The zero-order chi connectivity index (χ0) is 32.1. The molecule has 1 aromatic heterocycles. The molecule has 3 atom stereocenters. The third-order valence-corrected chi connectivity index (χ3v) is 11.5. The van der Waals surface area contributed by atoms with Crippen LogP contribution in [0.25, 0.3) is 0 Å². The molecule has 2 aromatic rings. The summed E-state index contributed by atoms with van der Waals surface area (Å²) < 4.78 is 1.77. The van der Waals surface area contributed by atoms with Crippen molar-refractivity contribution in [2.45, 2.75) is 77.8 Å². The number of carbonyl (C=O) groups is 4. The Kier molecular flexibility index (Phi) is 8.18. The monoisotopic (exact) mass is 628 g/mol. The molecule has 1 aromatic carbocycles. The molecule has 46 heavy (non-hydrogen) atoms. The zero-order valence-corrected chi connectivity index (χ0v) is 27.3. The number of hydrogen-bond donors (Lipinski definition) is 1. The molecule has 3 aliphatic heterocycles. The van der Waals surface area contributed by atoms with Gasteiger partial charge in [0.15, 0.2) is 0 Å². The second-order valence-corrected chi connectivity index (χ2v) is 15.4. The highest BCUT2D eigenvalue weighted by atomic mass is 16.2. The van der Waals surface area contributed by atoms with Crippen molar-refractivity contribution in [3.8, 4) is 0 Å². The lowest BCUT2D eigenvalue weighted by atomic mass is 9.70. The summed E-state index contributed by atoms with van der Waals surface area (Å²) in [7, 11) is 0. The first-order valence-corrected chi connectivity index (χ1v) is 17.4. The van der Waals surface area contributed by atoms with Crippen LogP contribution >= 0.6 is 0 Å². The molecule has 1 N–H and O–H groups in total. The lowest BCUT2D eigenvalue weighted by Crippen LogP contribution is -2.65. The van der Waals surface area contributed by atoms with Crippen LogP contribution in [0.1, 0.15) is 81.1 Å². The molecule has 10 heteroatoms. The lowest BCUT2D eigenvalue weighted by molar-refractivity contribution is -0.156. The van der Waals surface area contributed by atoms with Crippen molar-refractivity contribution < 1.29 is 19.2 Å². The number of carbonyl (C=O) groups excluding carboxylic acids is 4. The Morgan fingerprint density at radius 1 is 0.848 bits per heavy atom. The van der Waals surface area contributed by atoms with Gasteiger partial charge in [0.05, 0.1) is 30.1 Å². The summed E-state index contributed by atoms with van der Waals surface area (Å²) in [5.74, 6) is -0.448. The molecular formula is C36H48N6O4. The van der Waals surface area contributed by atoms with Gasteiger partial charge in [0.1, 0.15) is 0 Å². The van der Waals surface area contributed by atoms with Crippen molar-refractivity contribution in [2.75, 3.05) is 39.3 Å². The average molecular weight is 629 g/mol. The van der Waals surface area contributed by atoms with Gasteiger partial charge in [-0.3, -0.25) is 23.9 Å². The summed E-state index contributed by atoms with van der Waals surface area (Å²) in [5.41, 5.74) is 1.16. The first kappa shape index (κ1) is 30.9. The Bertz CT molecular complexity index is 1470. The summed E-state index contributed by atoms with van der Waals surface area (Å²) in [5, 5.41) is 7.72. The van der Waals surface area contributed by atoms with Crippen molar-refractivity contribution in [1.82, 2.24) is 29.8 Å². The fourth-order valence-corrected chi connectivity index (χ4v) is 8.45. The lowest BCUT2D eigenvalue weighted by Gasteiger charge is -2.51. The van der Waals surface area contributed by atoms with E-state index < -0.39 is 11.3 Å². The third kappa shape index (κ3) is 6.07. The van der Waals surface area contributed by atoms with E-state index in [2.05, 4.69) is 24.3 Å². The standard InChI is InChI=1S/C36H48N6O4/c1-35(2)16-29(35)33(45)41-23-36(24-41)22-40(32(44)27-17-37-42(20-27)18-25-10-5-3-6-11-25)21-30(36)34(46)39-15-9-12-26(19-39)31(43)38-28-13-7-4-8-14-28/h3,5-6,10-11,17,20,26,28-30H,4,7-9,12-16,18-19,21-24H2,1-2H3,(H,38,43)/t26-,29+,30-/m0/s1. The Hall–Kier alpha value is -3.69. The number of benzene rings is 1. The summed E-state index contributed by atoms with van der Waals surface area (Å²) in [6.07, 6.45) is 11.5. The van der Waals surface area contributed by atoms with E-state index in [9.17, 15) is 19.2 Å². The largest absolute Gasteiger partial charge is 0.353 e. The van der Waals surface area contributed by atoms with E-state index in [1.165, 1.54) is 6.42 Å². The first-order valence-electron chi connectivity index (χ1n) is 17.4. The van der Waals surface area contributed by atoms with E-state index in [1.54, 1.807) is 22.0 Å². The van der Waals surface area contributed by atoms with Crippen LogP contribution in [0.4, 0.5) is 0 Å². The predicted molar refractivity (Wildman–Crippen MR) is 172 cm³/mol. The molecule has 0 bridgehead atoms. The van der Waals surface area contributed by atoms with Crippen molar-refractivity contribution >= 4 is 23.6 Å². The second kappa shape index (κ2) is 12.2. The number of likely N-dealkylation sites (tertiary alicyclic amines) is 3. The summed E-state index contributed by atoms with van der Waals surface area (Å²) in [6, 6.07) is 10.2. The molecule has 246 valence electrons. The van der Waals surface area contributed by atoms with Crippen molar-refractivity contribution in [3.63, 3.8) is 0 Å². The normalized spacial score (nSPS) is 26.9. The second-order valence-electron chi connectivity index (χ2n) is 15.4. The maximum absolute atomic E-state index is 14.3. The molecule has 2 aliphatic carbocycles. The van der Waals surface area contributed by atoms with Crippen LogP contribution < -0.4 is 5.32 Å². The first-order chi connectivity index (χ1) is 22.1. The Balaban J connectivity index is 1.05. The number of hydrogen-bond acceptors (Lipinski definition) is 5. The van der Waals surface area contributed by atoms with E-state index in [4.69, 9.17) is 0 Å². The van der Waals surface area contributed by atoms with Gasteiger partial charge in [-0.2, -0.15) is 5.10 Å². The van der Waals surface area contributed by atoms with E-state index >= 15 is 0 Å². The number of nitrogens with one attached hydrogen (secondary N) is 1. The summed E-state index contributed by atoms with van der Waals surface area (Å²) in [6.45, 7) is 7.60. The van der Waals surface area contributed by atoms with Crippen molar-refractivity contribution in [2.24, 2.45) is 28.6 Å². The van der Waals surface area contributed by atoms with Crippen LogP contribution in [0.3, 0.4) is 0 Å². The molecule has 4 heterocycles. The van der Waals surface area contributed by atoms with E-state index in [0.717, 1.165) is 50.5 Å². The van der Waals surface area contributed by atoms with Crippen LogP contribution in [0.5, 0.6) is 0 Å². The van der Waals surface area contributed by atoms with Crippen LogP contribution in [0.2, 0.25) is 0 Å². The highest BCUT2D eigenvalue weighted by Gasteiger charge is 2.62. The highest BCUT2D eigenvalue weighted by Crippen LogP contribution is 2.55. The number of amides is 4. The van der Waals surface area contributed by atoms with Gasteiger partial charge in [0.2, 0.25) is 17.7 Å². The molecule has 2 saturated carbocycles. The zero-order valence-electron chi connectivity index (χ0n) is 27.3. The Morgan fingerprint density at radius 3 is 2.26 bits per heavy atom. The van der Waals surface area contributed by atoms with Gasteiger partial charge in [0, 0.05) is 62.8 Å². The summed E-state index contributed by atoms with van der Waals surface area (Å²) in [4.78, 5) is 60.3. The minimum absolute atomic E-state index is 0.0177. The van der Waals surface area contributed by atoms with E-state index in [0.29, 0.717) is 51.4 Å². The van der Waals surface area contributed by atoms with Crippen LogP contribution in [0, 0.1) is 28.6 Å². The van der Waals surface area contributed by atoms with Gasteiger partial charge in [-0.15, -0.1) is 0 Å². The van der Waals surface area contributed by atoms with E-state index in [1.807, 2.05) is 40.1 Å². The molecule has 7 rings (SSSR count). The van der Waals surface area contributed by atoms with Gasteiger partial charge in [-0.25, -0.2) is 0 Å². The Morgan fingerprint density at radius 2 is 1.54 bits per heavy atom. The molecular weight excluding hydrogens is 580 g/mol. The minimum atomic E-state index is -0.473. The minimum Gasteiger partial charge on any atom is -0.353 e. The maximum Gasteiger partial charge on any atom is 0.257 e. The van der Waals surface area contributed by atoms with Gasteiger partial charge in [-0.05, 0) is 43.1 Å². The molecule has 5 fully saturated rings. The quantitative estimate of drug-likeness (QED) is 0.505. The van der Waals surface area contributed by atoms with Crippen LogP contribution in [-0.4, -0.2) is 93.4 Å². The molecule has 5 aliphatic rings. The van der Waals surface area contributed by atoms with Gasteiger partial charge < -0.3 is 20.0 Å². The molecule has 0 radical (unpaired) electrons. The van der Waals surface area contributed by atoms with Crippen molar-refractivity contribution in [1.29, 1.82) is 0 Å². The molecule has 1 spiro atoms. The number of aromatic nitrogens is 2. The fraction of sp³-hybridized carbons (Fsp3) is 0.639. The topological polar surface area (TPSA) is 108 Å². The van der Waals surface area contributed by atoms with Crippen molar-refractivity contribution in [3.05, 3.63) is 53.9 Å². The maximum atomic E-state index is 14.3. The molecule has 0 unspecified atom stereocenters. The van der Waals surface area contributed by atoms with Gasteiger partial charge in [0.25, 0.3) is 5.91 Å². The van der Waals surface area contributed by atoms with Gasteiger partial charge >= 0.3 is 0 Å². The number of rotatable bonds is 7. The van der Waals surface area contributed by atoms with Gasteiger partial charge in [-0.1, -0.05) is 63.4 Å². The third-order valence-electron chi connectivity index (χ3n) is 11.5. The number of nitrogens with zero attached hydrogens (tertiary/aromatic N) is 5. The molecule has 3 saturated heterocycles. The molecule has 4 amide bonds. The predicted octanol–water partition coefficient (Wildman–Crippen LogP) is 3.57. The Labute approximate surface area is 271 Å². The van der Waals surface area contributed by atoms with Crippen LogP contribution in [-0.2, 0) is 20.9 Å². The van der Waals surface area contributed by atoms with Crippen LogP contribution in [0.15, 0.2) is 42.7 Å². The SMILES string of the molecule is CC1(C)C[C@@H]1C(=O)N1CC2(CN(C(=O)c3cnn(Cc4ccccc4)c3)C[C@H]2C(=O)N2CCC[C@H](C(=O)NC3CCCCC3)C2)C1. The molecule has 10 nitrogen and oxygen atoms in total. The van der Waals surface area contributed by atoms with E-state index in [-0.39, 0.29) is 46.9 Å². The smallest absolute Gasteiger partial charge is 0.257 e. The average Bonchev–Trinajstić information content (AvgIpc) is 3.36. The number of piperidine rings is 1. The fourth-order valence-electron chi connectivity index (χ4n) is 8.45. The summed E-state index contributed by atoms with van der Waals surface area (Å²) >= 11 is 0.